The van der Waals surface area contributed by atoms with Crippen LogP contribution >= 0.6 is 0 Å². The van der Waals surface area contributed by atoms with Crippen molar-refractivity contribution in [3.63, 3.8) is 0 Å². The van der Waals surface area contributed by atoms with Gasteiger partial charge in [-0.3, -0.25) is 0 Å². The molecule has 0 fully saturated rings. The van der Waals surface area contributed by atoms with Gasteiger partial charge in [0.05, 0.1) is 5.60 Å². The summed E-state index contributed by atoms with van der Waals surface area (Å²) >= 11 is 0. The molecule has 2 aromatic carbocycles. The fraction of sp³-hybridized carbons (Fsp3) is 0.368. The Labute approximate surface area is 122 Å². The van der Waals surface area contributed by atoms with E-state index in [9.17, 15) is 5.11 Å². The molecular formula is C19H24O. The van der Waals surface area contributed by atoms with Crippen molar-refractivity contribution in [1.82, 2.24) is 0 Å². The Bertz CT molecular complexity index is 624. The van der Waals surface area contributed by atoms with Crippen LogP contribution in [0, 0.1) is 27.7 Å². The molecule has 2 rings (SSSR count). The molecule has 1 nitrogen and oxygen atoms in total. The molecule has 106 valence electrons. The number of rotatable bonds is 3. The third kappa shape index (κ3) is 3.10. The summed E-state index contributed by atoms with van der Waals surface area (Å²) in [6.07, 6.45) is 0.642. The monoisotopic (exact) mass is 268 g/mol. The fourth-order valence-electron chi connectivity index (χ4n) is 2.54. The number of benzene rings is 2. The van der Waals surface area contributed by atoms with E-state index in [0.717, 1.165) is 5.56 Å². The van der Waals surface area contributed by atoms with E-state index in [0.29, 0.717) is 6.42 Å². The summed E-state index contributed by atoms with van der Waals surface area (Å²) in [5, 5.41) is 10.9. The van der Waals surface area contributed by atoms with Crippen LogP contribution in [0.1, 0.15) is 40.3 Å². The number of aliphatic hydroxyl groups is 1. The van der Waals surface area contributed by atoms with Crippen LogP contribution in [0.5, 0.6) is 0 Å². The fourth-order valence-corrected chi connectivity index (χ4v) is 2.54. The van der Waals surface area contributed by atoms with Gasteiger partial charge in [-0.1, -0.05) is 42.0 Å². The smallest absolute Gasteiger partial charge is 0.0908 e. The number of aryl methyl sites for hydroxylation is 4. The summed E-state index contributed by atoms with van der Waals surface area (Å²) in [6, 6.07) is 12.6. The average Bonchev–Trinajstić information content (AvgIpc) is 2.36. The summed E-state index contributed by atoms with van der Waals surface area (Å²) in [7, 11) is 0. The standard InChI is InChI=1S/C19H24O/c1-13-6-7-15(3)17(10-13)12-19(5,20)18-9-8-14(2)16(4)11-18/h6-11,20H,12H2,1-5H3. The van der Waals surface area contributed by atoms with Crippen LogP contribution in [0.2, 0.25) is 0 Å². The van der Waals surface area contributed by atoms with E-state index in [1.54, 1.807) is 0 Å². The van der Waals surface area contributed by atoms with Gasteiger partial charge in [-0.2, -0.15) is 0 Å². The molecule has 0 amide bonds. The van der Waals surface area contributed by atoms with Gasteiger partial charge in [-0.25, -0.2) is 0 Å². The molecule has 0 aliphatic carbocycles. The van der Waals surface area contributed by atoms with E-state index in [2.05, 4.69) is 58.0 Å². The van der Waals surface area contributed by atoms with Gasteiger partial charge in [-0.05, 0) is 62.4 Å². The van der Waals surface area contributed by atoms with Gasteiger partial charge in [0, 0.05) is 6.42 Å². The highest BCUT2D eigenvalue weighted by Crippen LogP contribution is 2.28. The molecule has 20 heavy (non-hydrogen) atoms. The zero-order valence-corrected chi connectivity index (χ0v) is 13.1. The summed E-state index contributed by atoms with van der Waals surface area (Å²) in [4.78, 5) is 0. The molecule has 0 aliphatic heterocycles. The normalized spacial score (nSPS) is 14.1. The molecular weight excluding hydrogens is 244 g/mol. The lowest BCUT2D eigenvalue weighted by Gasteiger charge is -2.26. The van der Waals surface area contributed by atoms with Gasteiger partial charge in [0.15, 0.2) is 0 Å². The first kappa shape index (κ1) is 14.8. The van der Waals surface area contributed by atoms with E-state index >= 15 is 0 Å². The zero-order valence-electron chi connectivity index (χ0n) is 13.1. The minimum absolute atomic E-state index is 0.642. The molecule has 0 spiro atoms. The molecule has 1 unspecified atom stereocenters. The molecule has 0 aliphatic rings. The summed E-state index contributed by atoms with van der Waals surface area (Å²) in [6.45, 7) is 10.3. The molecule has 0 saturated heterocycles. The first-order chi connectivity index (χ1) is 9.29. The molecule has 0 saturated carbocycles. The Balaban J connectivity index is 2.34. The maximum Gasteiger partial charge on any atom is 0.0908 e. The van der Waals surface area contributed by atoms with Crippen molar-refractivity contribution in [1.29, 1.82) is 0 Å². The van der Waals surface area contributed by atoms with Crippen LogP contribution in [0.25, 0.3) is 0 Å². The van der Waals surface area contributed by atoms with Crippen molar-refractivity contribution in [3.8, 4) is 0 Å². The van der Waals surface area contributed by atoms with Crippen molar-refractivity contribution in [2.24, 2.45) is 0 Å². The van der Waals surface area contributed by atoms with Gasteiger partial charge in [0.25, 0.3) is 0 Å². The topological polar surface area (TPSA) is 20.2 Å². The molecule has 0 radical (unpaired) electrons. The van der Waals surface area contributed by atoms with E-state index in [1.165, 1.54) is 27.8 Å². The second-order valence-corrected chi connectivity index (χ2v) is 6.18. The van der Waals surface area contributed by atoms with Crippen LogP contribution in [0.15, 0.2) is 36.4 Å². The Hall–Kier alpha value is -1.60. The van der Waals surface area contributed by atoms with E-state index in [4.69, 9.17) is 0 Å². The highest BCUT2D eigenvalue weighted by molar-refractivity contribution is 5.36. The minimum atomic E-state index is -0.836. The average molecular weight is 268 g/mol. The summed E-state index contributed by atoms with van der Waals surface area (Å²) < 4.78 is 0. The van der Waals surface area contributed by atoms with Crippen molar-refractivity contribution < 1.29 is 5.11 Å². The summed E-state index contributed by atoms with van der Waals surface area (Å²) in [5.74, 6) is 0. The Morgan fingerprint density at radius 2 is 1.50 bits per heavy atom. The Kier molecular flexibility index (Phi) is 4.01. The third-order valence-corrected chi connectivity index (χ3v) is 4.17. The van der Waals surface area contributed by atoms with Crippen LogP contribution < -0.4 is 0 Å². The lowest BCUT2D eigenvalue weighted by atomic mass is 9.86. The molecule has 1 N–H and O–H groups in total. The van der Waals surface area contributed by atoms with Crippen molar-refractivity contribution >= 4 is 0 Å². The molecule has 2 aromatic rings. The maximum atomic E-state index is 10.9. The molecule has 0 bridgehead atoms. The minimum Gasteiger partial charge on any atom is -0.385 e. The predicted octanol–water partition coefficient (Wildman–Crippen LogP) is 4.37. The SMILES string of the molecule is Cc1ccc(C)c(CC(C)(O)c2ccc(C)c(C)c2)c1. The van der Waals surface area contributed by atoms with Gasteiger partial charge in [-0.15, -0.1) is 0 Å². The predicted molar refractivity (Wildman–Crippen MR) is 85.1 cm³/mol. The lowest BCUT2D eigenvalue weighted by Crippen LogP contribution is -2.25. The van der Waals surface area contributed by atoms with Gasteiger partial charge in [0.2, 0.25) is 0 Å². The van der Waals surface area contributed by atoms with Gasteiger partial charge < -0.3 is 5.11 Å². The van der Waals surface area contributed by atoms with Crippen LogP contribution in [-0.2, 0) is 12.0 Å². The lowest BCUT2D eigenvalue weighted by molar-refractivity contribution is 0.0574. The van der Waals surface area contributed by atoms with Crippen molar-refractivity contribution in [2.75, 3.05) is 0 Å². The van der Waals surface area contributed by atoms with Gasteiger partial charge >= 0.3 is 0 Å². The van der Waals surface area contributed by atoms with Crippen molar-refractivity contribution in [2.45, 2.75) is 46.6 Å². The van der Waals surface area contributed by atoms with E-state index in [1.807, 2.05) is 13.0 Å². The Morgan fingerprint density at radius 1 is 0.850 bits per heavy atom. The van der Waals surface area contributed by atoms with E-state index in [-0.39, 0.29) is 0 Å². The first-order valence-corrected chi connectivity index (χ1v) is 7.16. The number of hydrogen-bond donors (Lipinski definition) is 1. The van der Waals surface area contributed by atoms with Crippen LogP contribution in [0.4, 0.5) is 0 Å². The third-order valence-electron chi connectivity index (χ3n) is 4.17. The first-order valence-electron chi connectivity index (χ1n) is 7.16. The summed E-state index contributed by atoms with van der Waals surface area (Å²) in [5.41, 5.74) is 6.33. The van der Waals surface area contributed by atoms with Crippen molar-refractivity contribution in [3.05, 3.63) is 69.8 Å². The second-order valence-electron chi connectivity index (χ2n) is 6.18. The van der Waals surface area contributed by atoms with Gasteiger partial charge in [0.1, 0.15) is 0 Å². The quantitative estimate of drug-likeness (QED) is 0.876. The highest BCUT2D eigenvalue weighted by atomic mass is 16.3. The number of hydrogen-bond acceptors (Lipinski definition) is 1. The largest absolute Gasteiger partial charge is 0.385 e. The maximum absolute atomic E-state index is 10.9. The van der Waals surface area contributed by atoms with E-state index < -0.39 is 5.60 Å². The zero-order chi connectivity index (χ0) is 14.9. The molecule has 0 heterocycles. The Morgan fingerprint density at radius 3 is 2.15 bits per heavy atom. The highest BCUT2D eigenvalue weighted by Gasteiger charge is 2.24. The van der Waals surface area contributed by atoms with Crippen LogP contribution in [0.3, 0.4) is 0 Å². The van der Waals surface area contributed by atoms with Crippen LogP contribution in [-0.4, -0.2) is 5.11 Å². The molecule has 1 heteroatoms. The molecule has 0 aromatic heterocycles. The molecule has 1 atom stereocenters. The second kappa shape index (κ2) is 5.41.